The minimum absolute atomic E-state index is 0.367. The molecule has 0 saturated heterocycles. The highest BCUT2D eigenvalue weighted by atomic mass is 35.5. The van der Waals surface area contributed by atoms with Crippen LogP contribution in [0.25, 0.3) is 0 Å². The number of nitrogens with zero attached hydrogens (tertiary/aromatic N) is 4. The fourth-order valence-electron chi connectivity index (χ4n) is 2.54. The van der Waals surface area contributed by atoms with E-state index >= 15 is 0 Å². The first-order chi connectivity index (χ1) is 10.1. The molecule has 2 aromatic rings. The minimum Gasteiger partial charge on any atom is -0.293 e. The molecule has 1 aliphatic heterocycles. The van der Waals surface area contributed by atoms with E-state index in [9.17, 15) is 0 Å². The van der Waals surface area contributed by atoms with Gasteiger partial charge in [-0.3, -0.25) is 4.90 Å². The van der Waals surface area contributed by atoms with Gasteiger partial charge in [-0.1, -0.05) is 31.5 Å². The Morgan fingerprint density at radius 1 is 1.24 bits per heavy atom. The number of pyridine rings is 1. The molecule has 0 radical (unpaired) electrons. The van der Waals surface area contributed by atoms with Gasteiger partial charge in [-0.05, 0) is 23.6 Å². The highest BCUT2D eigenvalue weighted by Crippen LogP contribution is 2.20. The van der Waals surface area contributed by atoms with Crippen LogP contribution in [0.4, 0.5) is 0 Å². The number of fused-ring (bicyclic) bond motifs is 1. The molecule has 0 N–H and O–H groups in total. The average molecular weight is 303 g/mol. The highest BCUT2D eigenvalue weighted by Gasteiger charge is 2.19. The largest absolute Gasteiger partial charge is 0.293 e. The molecule has 0 atom stereocenters. The SMILES string of the molecule is CC(C)c1ncc2c(n1)CN(Cc1ccc(Cl)nc1)CC2. The Hall–Kier alpha value is -1.52. The van der Waals surface area contributed by atoms with Gasteiger partial charge in [0.15, 0.2) is 0 Å². The Labute approximate surface area is 130 Å². The number of hydrogen-bond acceptors (Lipinski definition) is 4. The van der Waals surface area contributed by atoms with Crippen molar-refractivity contribution >= 4 is 11.6 Å². The lowest BCUT2D eigenvalue weighted by molar-refractivity contribution is 0.240. The van der Waals surface area contributed by atoms with Gasteiger partial charge in [0.25, 0.3) is 0 Å². The lowest BCUT2D eigenvalue weighted by Crippen LogP contribution is -2.31. The van der Waals surface area contributed by atoms with E-state index in [0.717, 1.165) is 31.9 Å². The summed E-state index contributed by atoms with van der Waals surface area (Å²) in [7, 11) is 0. The zero-order valence-corrected chi connectivity index (χ0v) is 13.1. The van der Waals surface area contributed by atoms with Gasteiger partial charge in [-0.2, -0.15) is 0 Å². The number of hydrogen-bond donors (Lipinski definition) is 0. The van der Waals surface area contributed by atoms with E-state index in [4.69, 9.17) is 16.6 Å². The van der Waals surface area contributed by atoms with Crippen molar-refractivity contribution in [2.24, 2.45) is 0 Å². The molecular weight excluding hydrogens is 284 g/mol. The van der Waals surface area contributed by atoms with Crippen molar-refractivity contribution in [3.05, 3.63) is 52.3 Å². The standard InChI is InChI=1S/C16H19ClN4/c1-11(2)16-19-8-13-5-6-21(10-14(13)20-16)9-12-3-4-15(17)18-7-12/h3-4,7-8,11H,5-6,9-10H2,1-2H3. The molecule has 0 amide bonds. The van der Waals surface area contributed by atoms with Crippen molar-refractivity contribution in [3.8, 4) is 0 Å². The monoisotopic (exact) mass is 302 g/mol. The Balaban J connectivity index is 1.74. The molecule has 0 unspecified atom stereocenters. The summed E-state index contributed by atoms with van der Waals surface area (Å²) >= 11 is 5.83. The van der Waals surface area contributed by atoms with Crippen LogP contribution in [0.3, 0.4) is 0 Å². The summed E-state index contributed by atoms with van der Waals surface area (Å²) in [4.78, 5) is 15.7. The molecule has 3 heterocycles. The van der Waals surface area contributed by atoms with Crippen molar-refractivity contribution in [2.75, 3.05) is 6.54 Å². The highest BCUT2D eigenvalue weighted by molar-refractivity contribution is 6.29. The van der Waals surface area contributed by atoms with Gasteiger partial charge in [-0.25, -0.2) is 15.0 Å². The first-order valence-corrected chi connectivity index (χ1v) is 7.67. The first-order valence-electron chi connectivity index (χ1n) is 7.29. The van der Waals surface area contributed by atoms with E-state index in [1.165, 1.54) is 16.8 Å². The van der Waals surface area contributed by atoms with Crippen LogP contribution in [-0.2, 0) is 19.5 Å². The Bertz CT molecular complexity index is 625. The molecule has 21 heavy (non-hydrogen) atoms. The lowest BCUT2D eigenvalue weighted by atomic mass is 10.1. The van der Waals surface area contributed by atoms with E-state index in [1.807, 2.05) is 24.5 Å². The molecule has 3 rings (SSSR count). The normalized spacial score (nSPS) is 15.2. The van der Waals surface area contributed by atoms with Crippen molar-refractivity contribution in [1.29, 1.82) is 0 Å². The number of rotatable bonds is 3. The maximum Gasteiger partial charge on any atom is 0.131 e. The summed E-state index contributed by atoms with van der Waals surface area (Å²) in [6.07, 6.45) is 4.85. The molecular formula is C16H19ClN4. The van der Waals surface area contributed by atoms with Crippen molar-refractivity contribution in [2.45, 2.75) is 39.3 Å². The van der Waals surface area contributed by atoms with Crippen LogP contribution in [-0.4, -0.2) is 26.4 Å². The van der Waals surface area contributed by atoms with Crippen LogP contribution in [0.1, 0.15) is 42.4 Å². The molecule has 2 aromatic heterocycles. The maximum absolute atomic E-state index is 5.83. The van der Waals surface area contributed by atoms with Crippen LogP contribution in [0.5, 0.6) is 0 Å². The molecule has 1 aliphatic rings. The third kappa shape index (κ3) is 3.39. The predicted molar refractivity (Wildman–Crippen MR) is 83.2 cm³/mol. The van der Waals surface area contributed by atoms with Crippen LogP contribution in [0, 0.1) is 0 Å². The summed E-state index contributed by atoms with van der Waals surface area (Å²) in [5.41, 5.74) is 3.63. The molecule has 0 bridgehead atoms. The summed E-state index contributed by atoms with van der Waals surface area (Å²) in [6, 6.07) is 3.87. The van der Waals surface area contributed by atoms with E-state index in [-0.39, 0.29) is 0 Å². The van der Waals surface area contributed by atoms with Crippen molar-refractivity contribution in [1.82, 2.24) is 19.9 Å². The first kappa shape index (κ1) is 14.4. The van der Waals surface area contributed by atoms with Crippen LogP contribution in [0.2, 0.25) is 5.15 Å². The van der Waals surface area contributed by atoms with E-state index < -0.39 is 0 Å². The van der Waals surface area contributed by atoms with Gasteiger partial charge < -0.3 is 0 Å². The maximum atomic E-state index is 5.83. The third-order valence-electron chi connectivity index (χ3n) is 3.75. The Morgan fingerprint density at radius 2 is 2.10 bits per heavy atom. The molecule has 5 heteroatoms. The molecule has 0 spiro atoms. The Kier molecular flexibility index (Phi) is 4.17. The fourth-order valence-corrected chi connectivity index (χ4v) is 2.66. The van der Waals surface area contributed by atoms with Crippen LogP contribution >= 0.6 is 11.6 Å². The van der Waals surface area contributed by atoms with Gasteiger partial charge in [0, 0.05) is 37.9 Å². The molecule has 0 fully saturated rings. The molecule has 0 saturated carbocycles. The van der Waals surface area contributed by atoms with Gasteiger partial charge >= 0.3 is 0 Å². The number of halogens is 1. The third-order valence-corrected chi connectivity index (χ3v) is 3.98. The van der Waals surface area contributed by atoms with Crippen molar-refractivity contribution in [3.63, 3.8) is 0 Å². The van der Waals surface area contributed by atoms with Gasteiger partial charge in [-0.15, -0.1) is 0 Å². The lowest BCUT2D eigenvalue weighted by Gasteiger charge is -2.28. The zero-order valence-electron chi connectivity index (χ0n) is 12.4. The summed E-state index contributed by atoms with van der Waals surface area (Å²) < 4.78 is 0. The van der Waals surface area contributed by atoms with E-state index in [0.29, 0.717) is 11.1 Å². The van der Waals surface area contributed by atoms with Crippen molar-refractivity contribution < 1.29 is 0 Å². The molecule has 4 nitrogen and oxygen atoms in total. The second kappa shape index (κ2) is 6.08. The topological polar surface area (TPSA) is 41.9 Å². The smallest absolute Gasteiger partial charge is 0.131 e. The second-order valence-corrected chi connectivity index (χ2v) is 6.19. The molecule has 0 aliphatic carbocycles. The van der Waals surface area contributed by atoms with E-state index in [1.54, 1.807) is 0 Å². The molecule has 0 aromatic carbocycles. The number of aromatic nitrogens is 3. The fraction of sp³-hybridized carbons (Fsp3) is 0.438. The Morgan fingerprint density at radius 3 is 2.81 bits per heavy atom. The zero-order chi connectivity index (χ0) is 14.8. The van der Waals surface area contributed by atoms with Gasteiger partial charge in [0.1, 0.15) is 11.0 Å². The summed E-state index contributed by atoms with van der Waals surface area (Å²) in [6.45, 7) is 7.04. The molecule has 110 valence electrons. The van der Waals surface area contributed by atoms with Crippen LogP contribution in [0.15, 0.2) is 24.5 Å². The quantitative estimate of drug-likeness (QED) is 0.817. The van der Waals surface area contributed by atoms with Gasteiger partial charge in [0.05, 0.1) is 5.69 Å². The summed E-state index contributed by atoms with van der Waals surface area (Å²) in [5.74, 6) is 1.30. The minimum atomic E-state index is 0.367. The van der Waals surface area contributed by atoms with E-state index in [2.05, 4.69) is 28.7 Å². The summed E-state index contributed by atoms with van der Waals surface area (Å²) in [5, 5.41) is 0.539. The average Bonchev–Trinajstić information content (AvgIpc) is 2.49. The predicted octanol–water partition coefficient (Wildman–Crippen LogP) is 3.21. The second-order valence-electron chi connectivity index (χ2n) is 5.80. The van der Waals surface area contributed by atoms with Crippen LogP contribution < -0.4 is 0 Å². The van der Waals surface area contributed by atoms with Gasteiger partial charge in [0.2, 0.25) is 0 Å².